The van der Waals surface area contributed by atoms with Crippen LogP contribution in [-0.4, -0.2) is 21.4 Å². The van der Waals surface area contributed by atoms with Gasteiger partial charge in [-0.25, -0.2) is 4.98 Å². The van der Waals surface area contributed by atoms with Crippen molar-refractivity contribution in [3.8, 4) is 0 Å². The third-order valence-electron chi connectivity index (χ3n) is 1.65. The van der Waals surface area contributed by atoms with E-state index < -0.39 is 11.5 Å². The van der Waals surface area contributed by atoms with E-state index in [0.717, 1.165) is 5.75 Å². The van der Waals surface area contributed by atoms with Crippen LogP contribution in [0.2, 0.25) is 0 Å². The van der Waals surface area contributed by atoms with E-state index in [9.17, 15) is 9.50 Å². The van der Waals surface area contributed by atoms with E-state index in [2.05, 4.69) is 4.98 Å². The summed E-state index contributed by atoms with van der Waals surface area (Å²) in [7, 11) is 0. The summed E-state index contributed by atoms with van der Waals surface area (Å²) in [4.78, 5) is 3.71. The van der Waals surface area contributed by atoms with E-state index in [4.69, 9.17) is 0 Å². The molecule has 0 unspecified atom stereocenters. The number of pyridine rings is 1. The molecule has 0 radical (unpaired) electrons. The van der Waals surface area contributed by atoms with Crippen LogP contribution in [-0.2, 0) is 0 Å². The average Bonchev–Trinajstić information content (AvgIpc) is 2.01. The van der Waals surface area contributed by atoms with Gasteiger partial charge in [0.15, 0.2) is 0 Å². The number of aromatic nitrogens is 1. The second-order valence-corrected chi connectivity index (χ2v) is 4.82. The molecule has 0 aliphatic rings. The first-order chi connectivity index (χ1) is 6.47. The number of nitrogens with zero attached hydrogens (tertiary/aromatic N) is 1. The molecule has 4 heteroatoms. The minimum Gasteiger partial charge on any atom is -0.390 e. The number of thioether (sulfide) groups is 1. The normalized spacial score (nSPS) is 11.7. The first kappa shape index (κ1) is 11.5. The summed E-state index contributed by atoms with van der Waals surface area (Å²) in [6, 6.07) is 4.72. The summed E-state index contributed by atoms with van der Waals surface area (Å²) in [5, 5.41) is 10.1. The summed E-state index contributed by atoms with van der Waals surface area (Å²) >= 11 is 1.45. The predicted octanol–water partition coefficient (Wildman–Crippen LogP) is 2.47. The smallest absolute Gasteiger partial charge is 0.213 e. The lowest BCUT2D eigenvalue weighted by Gasteiger charge is -2.15. The molecule has 78 valence electrons. The van der Waals surface area contributed by atoms with Gasteiger partial charge in [-0.05, 0) is 32.4 Å². The van der Waals surface area contributed by atoms with Crippen LogP contribution in [0.3, 0.4) is 0 Å². The third kappa shape index (κ3) is 4.58. The highest BCUT2D eigenvalue weighted by molar-refractivity contribution is 7.99. The molecule has 0 aromatic carbocycles. The minimum absolute atomic E-state index is 0.460. The fourth-order valence-corrected chi connectivity index (χ4v) is 2.01. The van der Waals surface area contributed by atoms with Crippen LogP contribution in [0.1, 0.15) is 20.3 Å². The second kappa shape index (κ2) is 4.75. The van der Waals surface area contributed by atoms with Gasteiger partial charge in [0, 0.05) is 5.75 Å². The molecule has 14 heavy (non-hydrogen) atoms. The number of halogens is 1. The van der Waals surface area contributed by atoms with E-state index >= 15 is 0 Å². The molecule has 0 aliphatic carbocycles. The lowest BCUT2D eigenvalue weighted by Crippen LogP contribution is -2.19. The van der Waals surface area contributed by atoms with Gasteiger partial charge in [0.05, 0.1) is 10.6 Å². The van der Waals surface area contributed by atoms with Crippen molar-refractivity contribution in [1.29, 1.82) is 0 Å². The highest BCUT2D eigenvalue weighted by Crippen LogP contribution is 2.19. The van der Waals surface area contributed by atoms with Gasteiger partial charge in [0.1, 0.15) is 0 Å². The number of rotatable bonds is 4. The van der Waals surface area contributed by atoms with Crippen molar-refractivity contribution < 1.29 is 9.50 Å². The van der Waals surface area contributed by atoms with Crippen molar-refractivity contribution in [2.45, 2.75) is 30.9 Å². The van der Waals surface area contributed by atoms with Crippen molar-refractivity contribution in [1.82, 2.24) is 4.98 Å². The van der Waals surface area contributed by atoms with Gasteiger partial charge in [0.25, 0.3) is 0 Å². The molecule has 2 nitrogen and oxygen atoms in total. The SMILES string of the molecule is CC(C)(O)CCSc1cccc(F)n1. The Morgan fingerprint density at radius 1 is 1.50 bits per heavy atom. The molecular formula is C10H14FNOS. The topological polar surface area (TPSA) is 33.1 Å². The lowest BCUT2D eigenvalue weighted by molar-refractivity contribution is 0.0777. The predicted molar refractivity (Wildman–Crippen MR) is 55.8 cm³/mol. The van der Waals surface area contributed by atoms with Crippen LogP contribution in [0.4, 0.5) is 4.39 Å². The Labute approximate surface area is 87.6 Å². The zero-order chi connectivity index (χ0) is 10.6. The zero-order valence-electron chi connectivity index (χ0n) is 8.33. The molecule has 0 aliphatic heterocycles. The lowest BCUT2D eigenvalue weighted by atomic mass is 10.1. The standard InChI is InChI=1S/C10H14FNOS/c1-10(2,13)6-7-14-9-5-3-4-8(11)12-9/h3-5,13H,6-7H2,1-2H3. The van der Waals surface area contributed by atoms with Crippen molar-refractivity contribution in [3.63, 3.8) is 0 Å². The summed E-state index contributed by atoms with van der Waals surface area (Å²) in [5.74, 6) is 0.276. The molecule has 1 heterocycles. The number of aliphatic hydroxyl groups is 1. The maximum atomic E-state index is 12.7. The van der Waals surface area contributed by atoms with E-state index in [-0.39, 0.29) is 0 Å². The van der Waals surface area contributed by atoms with Gasteiger partial charge in [0.2, 0.25) is 5.95 Å². The maximum absolute atomic E-state index is 12.7. The van der Waals surface area contributed by atoms with Gasteiger partial charge in [-0.2, -0.15) is 4.39 Å². The highest BCUT2D eigenvalue weighted by atomic mass is 32.2. The van der Waals surface area contributed by atoms with Gasteiger partial charge < -0.3 is 5.11 Å². The van der Waals surface area contributed by atoms with E-state index in [1.165, 1.54) is 17.8 Å². The summed E-state index contributed by atoms with van der Waals surface area (Å²) in [6.07, 6.45) is 0.663. The zero-order valence-corrected chi connectivity index (χ0v) is 9.14. The Hall–Kier alpha value is -0.610. The van der Waals surface area contributed by atoms with Crippen LogP contribution in [0.25, 0.3) is 0 Å². The molecule has 0 atom stereocenters. The molecule has 0 saturated carbocycles. The molecular weight excluding hydrogens is 201 g/mol. The monoisotopic (exact) mass is 215 g/mol. The van der Waals surface area contributed by atoms with E-state index in [0.29, 0.717) is 11.4 Å². The molecule has 0 amide bonds. The van der Waals surface area contributed by atoms with Crippen LogP contribution in [0, 0.1) is 5.95 Å². The highest BCUT2D eigenvalue weighted by Gasteiger charge is 2.11. The summed E-state index contributed by atoms with van der Waals surface area (Å²) in [5.41, 5.74) is -0.666. The molecule has 1 rings (SSSR count). The minimum atomic E-state index is -0.666. The van der Waals surface area contributed by atoms with Crippen LogP contribution in [0.5, 0.6) is 0 Å². The Kier molecular flexibility index (Phi) is 3.89. The Morgan fingerprint density at radius 3 is 2.79 bits per heavy atom. The van der Waals surface area contributed by atoms with Crippen molar-refractivity contribution >= 4 is 11.8 Å². The molecule has 0 saturated heterocycles. The largest absolute Gasteiger partial charge is 0.390 e. The Morgan fingerprint density at radius 2 is 2.21 bits per heavy atom. The maximum Gasteiger partial charge on any atom is 0.213 e. The molecule has 0 spiro atoms. The fraction of sp³-hybridized carbons (Fsp3) is 0.500. The molecule has 0 fully saturated rings. The molecule has 0 bridgehead atoms. The van der Waals surface area contributed by atoms with Crippen molar-refractivity contribution in [2.75, 3.05) is 5.75 Å². The second-order valence-electron chi connectivity index (χ2n) is 3.71. The van der Waals surface area contributed by atoms with Gasteiger partial charge in [-0.15, -0.1) is 11.8 Å². The van der Waals surface area contributed by atoms with Gasteiger partial charge in [-0.3, -0.25) is 0 Å². The Balaban J connectivity index is 2.39. The molecule has 1 aromatic heterocycles. The van der Waals surface area contributed by atoms with Crippen LogP contribution < -0.4 is 0 Å². The van der Waals surface area contributed by atoms with Crippen LogP contribution in [0.15, 0.2) is 23.2 Å². The van der Waals surface area contributed by atoms with Crippen molar-refractivity contribution in [2.24, 2.45) is 0 Å². The fourth-order valence-electron chi connectivity index (χ4n) is 0.875. The molecule has 1 aromatic rings. The Bertz CT molecular complexity index is 298. The van der Waals surface area contributed by atoms with Crippen LogP contribution >= 0.6 is 11.8 Å². The van der Waals surface area contributed by atoms with Gasteiger partial charge >= 0.3 is 0 Å². The van der Waals surface area contributed by atoms with Crippen molar-refractivity contribution in [3.05, 3.63) is 24.1 Å². The van der Waals surface area contributed by atoms with E-state index in [1.807, 2.05) is 0 Å². The quantitative estimate of drug-likeness (QED) is 0.618. The van der Waals surface area contributed by atoms with E-state index in [1.54, 1.807) is 26.0 Å². The molecule has 1 N–H and O–H groups in total. The number of hydrogen-bond acceptors (Lipinski definition) is 3. The summed E-state index contributed by atoms with van der Waals surface area (Å²) < 4.78 is 12.7. The third-order valence-corrected chi connectivity index (χ3v) is 2.58. The number of hydrogen-bond donors (Lipinski definition) is 1. The summed E-state index contributed by atoms with van der Waals surface area (Å²) in [6.45, 7) is 3.51. The first-order valence-corrected chi connectivity index (χ1v) is 5.44. The first-order valence-electron chi connectivity index (χ1n) is 4.45. The van der Waals surface area contributed by atoms with Gasteiger partial charge in [-0.1, -0.05) is 6.07 Å². The average molecular weight is 215 g/mol.